The van der Waals surface area contributed by atoms with Crippen LogP contribution in [0.3, 0.4) is 0 Å². The monoisotopic (exact) mass is 468 g/mol. The van der Waals surface area contributed by atoms with Gasteiger partial charge >= 0.3 is 29.6 Å². The van der Waals surface area contributed by atoms with Crippen molar-refractivity contribution >= 4 is 28.6 Å². The average Bonchev–Trinajstić information content (AvgIpc) is 2.75. The third-order valence-electron chi connectivity index (χ3n) is 5.13. The molecular weight excluding hydrogens is 445 g/mol. The quantitative estimate of drug-likeness (QED) is 0.331. The van der Waals surface area contributed by atoms with E-state index in [-0.39, 0.29) is 46.3 Å². The van der Waals surface area contributed by atoms with Gasteiger partial charge in [0.25, 0.3) is 0 Å². The molecule has 0 fully saturated rings. The number of hydrogen-bond donors (Lipinski definition) is 0. The van der Waals surface area contributed by atoms with Gasteiger partial charge in [-0.1, -0.05) is 32.0 Å². The number of rotatable bonds is 9. The van der Waals surface area contributed by atoms with Crippen molar-refractivity contribution in [2.45, 2.75) is 37.7 Å². The number of thioether (sulfide) groups is 1. The maximum atomic E-state index is 14.0. The van der Waals surface area contributed by atoms with Crippen LogP contribution in [0.2, 0.25) is 0 Å². The molecule has 3 aromatic rings. The fourth-order valence-electron chi connectivity index (χ4n) is 3.42. The molecule has 0 saturated carbocycles. The van der Waals surface area contributed by atoms with Gasteiger partial charge in [-0.05, 0) is 36.9 Å². The van der Waals surface area contributed by atoms with Gasteiger partial charge in [0, 0.05) is 29.3 Å². The van der Waals surface area contributed by atoms with E-state index in [9.17, 15) is 23.5 Å². The number of benzene rings is 2. The molecular formula is C23H23F2N2NaO3S. The van der Waals surface area contributed by atoms with Crippen LogP contribution in [-0.4, -0.2) is 28.5 Å². The Balaban J connectivity index is 0.00000363. The van der Waals surface area contributed by atoms with Gasteiger partial charge in [0.15, 0.2) is 17.1 Å². The van der Waals surface area contributed by atoms with Crippen LogP contribution < -0.4 is 40.1 Å². The van der Waals surface area contributed by atoms with E-state index in [1.165, 1.54) is 22.8 Å². The fourth-order valence-corrected chi connectivity index (χ4v) is 4.46. The molecule has 0 atom stereocenters. The van der Waals surface area contributed by atoms with E-state index in [2.05, 4.69) is 18.7 Å². The number of carboxylic acid groups (broad SMARTS) is 1. The standard InChI is InChI=1S/C23H24F2N2O3S.Na/c1-3-26(4-2)12-15-8-9-17-19(10-15)27(13-22(29)30)21(11-20(17)28)31-14-16-6-5-7-18(24)23(16)25;/h5-11H,3-4,12-14H2,1-2H3,(H,29,30);/q;+1/p-1. The van der Waals surface area contributed by atoms with Crippen LogP contribution in [0.15, 0.2) is 52.3 Å². The predicted molar refractivity (Wildman–Crippen MR) is 116 cm³/mol. The van der Waals surface area contributed by atoms with Gasteiger partial charge in [0.2, 0.25) is 0 Å². The van der Waals surface area contributed by atoms with Crippen molar-refractivity contribution in [3.63, 3.8) is 0 Å². The van der Waals surface area contributed by atoms with Crippen LogP contribution >= 0.6 is 11.8 Å². The minimum atomic E-state index is -1.31. The third-order valence-corrected chi connectivity index (χ3v) is 6.22. The molecule has 0 spiro atoms. The van der Waals surface area contributed by atoms with Gasteiger partial charge < -0.3 is 14.5 Å². The molecule has 5 nitrogen and oxygen atoms in total. The Kier molecular flexibility index (Phi) is 9.91. The van der Waals surface area contributed by atoms with Gasteiger partial charge in [-0.3, -0.25) is 9.69 Å². The molecule has 0 amide bonds. The summed E-state index contributed by atoms with van der Waals surface area (Å²) in [6.45, 7) is 6.02. The summed E-state index contributed by atoms with van der Waals surface area (Å²) in [7, 11) is 0. The maximum Gasteiger partial charge on any atom is 1.00 e. The first-order valence-electron chi connectivity index (χ1n) is 9.98. The van der Waals surface area contributed by atoms with Gasteiger partial charge in [-0.25, -0.2) is 8.78 Å². The van der Waals surface area contributed by atoms with Crippen molar-refractivity contribution in [3.05, 3.63) is 75.4 Å². The molecule has 0 aliphatic rings. The summed E-state index contributed by atoms with van der Waals surface area (Å²) in [4.78, 5) is 26.3. The first-order chi connectivity index (χ1) is 14.8. The van der Waals surface area contributed by atoms with Gasteiger partial charge in [-0.15, -0.1) is 11.8 Å². The summed E-state index contributed by atoms with van der Waals surface area (Å²) in [5.41, 5.74) is 1.29. The number of aliphatic carboxylic acids is 1. The van der Waals surface area contributed by atoms with Crippen molar-refractivity contribution in [3.8, 4) is 0 Å². The molecule has 0 N–H and O–H groups in total. The van der Waals surface area contributed by atoms with Crippen LogP contribution in [0.4, 0.5) is 8.78 Å². The van der Waals surface area contributed by atoms with Crippen LogP contribution in [0, 0.1) is 11.6 Å². The largest absolute Gasteiger partial charge is 1.00 e. The van der Waals surface area contributed by atoms with Crippen molar-refractivity contribution in [1.29, 1.82) is 0 Å². The number of fused-ring (bicyclic) bond motifs is 1. The molecule has 164 valence electrons. The molecule has 2 aromatic carbocycles. The van der Waals surface area contributed by atoms with Gasteiger partial charge in [0.1, 0.15) is 0 Å². The minimum Gasteiger partial charge on any atom is -0.548 e. The smallest absolute Gasteiger partial charge is 0.548 e. The summed E-state index contributed by atoms with van der Waals surface area (Å²) >= 11 is 1.08. The summed E-state index contributed by atoms with van der Waals surface area (Å²) < 4.78 is 29.0. The summed E-state index contributed by atoms with van der Waals surface area (Å²) in [6, 6.07) is 10.6. The van der Waals surface area contributed by atoms with E-state index < -0.39 is 24.1 Å². The van der Waals surface area contributed by atoms with Gasteiger partial charge in [-0.2, -0.15) is 0 Å². The van der Waals surface area contributed by atoms with Crippen molar-refractivity contribution < 1.29 is 48.2 Å². The van der Waals surface area contributed by atoms with Crippen LogP contribution in [-0.2, 0) is 23.6 Å². The second-order valence-corrected chi connectivity index (χ2v) is 8.12. The van der Waals surface area contributed by atoms with Crippen molar-refractivity contribution in [2.24, 2.45) is 0 Å². The molecule has 0 bridgehead atoms. The molecule has 9 heteroatoms. The van der Waals surface area contributed by atoms with E-state index in [1.807, 2.05) is 12.1 Å². The number of pyridine rings is 1. The molecule has 32 heavy (non-hydrogen) atoms. The number of carboxylic acids is 1. The second kappa shape index (κ2) is 12.0. The molecule has 0 aliphatic carbocycles. The molecule has 1 heterocycles. The van der Waals surface area contributed by atoms with E-state index in [4.69, 9.17) is 0 Å². The number of carbonyl (C=O) groups is 1. The summed E-state index contributed by atoms with van der Waals surface area (Å²) in [5, 5.41) is 12.2. The van der Waals surface area contributed by atoms with Crippen LogP contribution in [0.5, 0.6) is 0 Å². The molecule has 0 unspecified atom stereocenters. The summed E-state index contributed by atoms with van der Waals surface area (Å²) in [5.74, 6) is -3.17. The number of halogens is 2. The summed E-state index contributed by atoms with van der Waals surface area (Å²) in [6.07, 6.45) is 0. The Morgan fingerprint density at radius 3 is 2.50 bits per heavy atom. The molecule has 1 aromatic heterocycles. The number of hydrogen-bond acceptors (Lipinski definition) is 5. The Hall–Kier alpha value is -1.71. The molecule has 0 saturated heterocycles. The molecule has 0 radical (unpaired) electrons. The molecule has 0 aliphatic heterocycles. The Morgan fingerprint density at radius 1 is 1.12 bits per heavy atom. The van der Waals surface area contributed by atoms with Gasteiger partial charge in [0.05, 0.1) is 23.1 Å². The van der Waals surface area contributed by atoms with Crippen LogP contribution in [0.25, 0.3) is 10.9 Å². The Bertz CT molecular complexity index is 1170. The first-order valence-corrected chi connectivity index (χ1v) is 11.0. The Labute approximate surface area is 211 Å². The minimum absolute atomic E-state index is 0. The SMILES string of the molecule is CCN(CC)Cc1ccc2c(=O)cc(SCc3cccc(F)c3F)n(CC(=O)[O-])c2c1.[Na+]. The van der Waals surface area contributed by atoms with E-state index >= 15 is 0 Å². The van der Waals surface area contributed by atoms with Crippen molar-refractivity contribution in [2.75, 3.05) is 13.1 Å². The average molecular weight is 469 g/mol. The van der Waals surface area contributed by atoms with E-state index in [1.54, 1.807) is 6.07 Å². The number of carbonyl (C=O) groups excluding carboxylic acids is 1. The zero-order valence-electron chi connectivity index (χ0n) is 18.4. The van der Waals surface area contributed by atoms with Crippen molar-refractivity contribution in [1.82, 2.24) is 9.47 Å². The zero-order chi connectivity index (χ0) is 22.5. The van der Waals surface area contributed by atoms with E-state index in [0.29, 0.717) is 22.5 Å². The second-order valence-electron chi connectivity index (χ2n) is 7.12. The fraction of sp³-hybridized carbons (Fsp3) is 0.304. The van der Waals surface area contributed by atoms with Crippen LogP contribution in [0.1, 0.15) is 25.0 Å². The van der Waals surface area contributed by atoms with E-state index in [0.717, 1.165) is 36.5 Å². The predicted octanol–water partition coefficient (Wildman–Crippen LogP) is 0.168. The number of aromatic nitrogens is 1. The zero-order valence-corrected chi connectivity index (χ0v) is 21.2. The topological polar surface area (TPSA) is 65.4 Å². The maximum absolute atomic E-state index is 14.0. The Morgan fingerprint density at radius 2 is 1.84 bits per heavy atom. The number of nitrogens with zero attached hydrogens (tertiary/aromatic N) is 2. The molecule has 3 rings (SSSR count). The third kappa shape index (κ3) is 6.20. The normalized spacial score (nSPS) is 11.0. The first kappa shape index (κ1) is 26.5.